The average Bonchev–Trinajstić information content (AvgIpc) is 3.53. The highest BCUT2D eigenvalue weighted by Gasteiger charge is 2.38. The Morgan fingerprint density at radius 3 is 2.39 bits per heavy atom. The number of imidazole rings is 1. The zero-order chi connectivity index (χ0) is 22.6. The first-order valence-electron chi connectivity index (χ1n) is 11.2. The minimum absolute atomic E-state index is 0.457. The Bertz CT molecular complexity index is 1390. The Kier molecular flexibility index (Phi) is 4.45. The molecule has 0 aliphatic heterocycles. The van der Waals surface area contributed by atoms with Crippen molar-refractivity contribution < 1.29 is 9.63 Å². The van der Waals surface area contributed by atoms with Crippen LogP contribution in [0.3, 0.4) is 0 Å². The number of nitrogens with one attached hydrogen (secondary N) is 1. The van der Waals surface area contributed by atoms with Crippen LogP contribution in [0.15, 0.2) is 71.5 Å². The number of fused-ring (bicyclic) bond motifs is 1. The van der Waals surface area contributed by atoms with E-state index in [-0.39, 0.29) is 0 Å². The molecule has 1 atom stereocenters. The number of aromatic amines is 1. The molecule has 6 rings (SSSR count). The second kappa shape index (κ2) is 7.39. The van der Waals surface area contributed by atoms with Crippen LogP contribution in [-0.4, -0.2) is 25.2 Å². The van der Waals surface area contributed by atoms with E-state index in [2.05, 4.69) is 21.2 Å². The monoisotopic (exact) mass is 436 g/mol. The standard InChI is InChI=1S/C27H24N4O2/c1-16-24(17(2)33-31-16)19-14-22(25-23(15-19)29-26(30-25)18-8-9-18)27(32,20-6-4-3-5-7-20)21-10-12-28-13-11-21/h3-7,10-15,18,32H,8-9H2,1-2H3,(H,29,30). The van der Waals surface area contributed by atoms with Gasteiger partial charge in [-0.2, -0.15) is 0 Å². The Morgan fingerprint density at radius 2 is 1.73 bits per heavy atom. The van der Waals surface area contributed by atoms with Gasteiger partial charge in [0.1, 0.15) is 17.2 Å². The van der Waals surface area contributed by atoms with Crippen LogP contribution in [0.1, 0.15) is 52.7 Å². The topological polar surface area (TPSA) is 87.8 Å². The summed E-state index contributed by atoms with van der Waals surface area (Å²) in [6, 6.07) is 17.6. The normalized spacial score (nSPS) is 15.6. The number of aromatic nitrogens is 4. The molecule has 3 aromatic heterocycles. The molecule has 1 unspecified atom stereocenters. The molecule has 1 fully saturated rings. The van der Waals surface area contributed by atoms with E-state index in [9.17, 15) is 5.11 Å². The van der Waals surface area contributed by atoms with Gasteiger partial charge >= 0.3 is 0 Å². The van der Waals surface area contributed by atoms with Gasteiger partial charge in [0, 0.05) is 29.4 Å². The van der Waals surface area contributed by atoms with Gasteiger partial charge in [0.15, 0.2) is 0 Å². The van der Waals surface area contributed by atoms with Gasteiger partial charge in [-0.15, -0.1) is 0 Å². The van der Waals surface area contributed by atoms with Gasteiger partial charge in [-0.3, -0.25) is 4.98 Å². The molecule has 0 radical (unpaired) electrons. The maximum absolute atomic E-state index is 12.5. The minimum Gasteiger partial charge on any atom is -0.376 e. The summed E-state index contributed by atoms with van der Waals surface area (Å²) in [4.78, 5) is 12.7. The van der Waals surface area contributed by atoms with E-state index in [0.717, 1.165) is 69.0 Å². The highest BCUT2D eigenvalue weighted by Crippen LogP contribution is 2.44. The van der Waals surface area contributed by atoms with E-state index in [0.29, 0.717) is 5.92 Å². The molecule has 0 bridgehead atoms. The number of nitrogens with zero attached hydrogens (tertiary/aromatic N) is 3. The van der Waals surface area contributed by atoms with Crippen LogP contribution in [0.4, 0.5) is 0 Å². The number of rotatable bonds is 5. The lowest BCUT2D eigenvalue weighted by molar-refractivity contribution is 0.127. The van der Waals surface area contributed by atoms with Crippen LogP contribution in [0.25, 0.3) is 22.2 Å². The number of hydrogen-bond acceptors (Lipinski definition) is 5. The molecule has 164 valence electrons. The van der Waals surface area contributed by atoms with Crippen LogP contribution in [0, 0.1) is 13.8 Å². The number of pyridine rings is 1. The van der Waals surface area contributed by atoms with Crippen molar-refractivity contribution in [2.75, 3.05) is 0 Å². The molecule has 33 heavy (non-hydrogen) atoms. The quantitative estimate of drug-likeness (QED) is 0.386. The summed E-state index contributed by atoms with van der Waals surface area (Å²) in [5.41, 5.74) is 5.15. The smallest absolute Gasteiger partial charge is 0.142 e. The van der Waals surface area contributed by atoms with Gasteiger partial charge in [0.05, 0.1) is 16.7 Å². The van der Waals surface area contributed by atoms with Gasteiger partial charge in [-0.05, 0) is 67.6 Å². The lowest BCUT2D eigenvalue weighted by atomic mass is 9.79. The molecular formula is C27H24N4O2. The summed E-state index contributed by atoms with van der Waals surface area (Å²) in [5, 5.41) is 16.7. The molecule has 1 aliphatic carbocycles. The number of H-pyrrole nitrogens is 1. The van der Waals surface area contributed by atoms with Crippen LogP contribution in [0.5, 0.6) is 0 Å². The number of aryl methyl sites for hydroxylation is 2. The maximum atomic E-state index is 12.5. The van der Waals surface area contributed by atoms with E-state index in [1.54, 1.807) is 12.4 Å². The molecule has 1 saturated carbocycles. The first-order chi connectivity index (χ1) is 16.1. The summed E-state index contributed by atoms with van der Waals surface area (Å²) < 4.78 is 5.46. The number of benzene rings is 2. The first kappa shape index (κ1) is 19.9. The lowest BCUT2D eigenvalue weighted by Crippen LogP contribution is -2.29. The van der Waals surface area contributed by atoms with Gasteiger partial charge in [-0.1, -0.05) is 35.5 Å². The average molecular weight is 437 g/mol. The predicted octanol–water partition coefficient (Wildman–Crippen LogP) is 5.39. The van der Waals surface area contributed by atoms with Crippen LogP contribution in [-0.2, 0) is 5.60 Å². The fourth-order valence-electron chi connectivity index (χ4n) is 4.75. The first-order valence-corrected chi connectivity index (χ1v) is 11.2. The van der Waals surface area contributed by atoms with Crippen molar-refractivity contribution in [3.63, 3.8) is 0 Å². The van der Waals surface area contributed by atoms with Crippen LogP contribution in [0.2, 0.25) is 0 Å². The van der Waals surface area contributed by atoms with Crippen LogP contribution >= 0.6 is 0 Å². The zero-order valence-electron chi connectivity index (χ0n) is 18.5. The lowest BCUT2D eigenvalue weighted by Gasteiger charge is -2.30. The van der Waals surface area contributed by atoms with Gasteiger partial charge < -0.3 is 14.6 Å². The van der Waals surface area contributed by atoms with Gasteiger partial charge in [0.2, 0.25) is 0 Å². The van der Waals surface area contributed by atoms with Crippen molar-refractivity contribution in [1.29, 1.82) is 0 Å². The van der Waals surface area contributed by atoms with Crippen molar-refractivity contribution in [3.05, 3.63) is 101 Å². The number of hydrogen-bond donors (Lipinski definition) is 2. The van der Waals surface area contributed by atoms with Gasteiger partial charge in [-0.25, -0.2) is 4.98 Å². The zero-order valence-corrected chi connectivity index (χ0v) is 18.5. The van der Waals surface area contributed by atoms with E-state index in [1.165, 1.54) is 0 Å². The molecule has 0 spiro atoms. The van der Waals surface area contributed by atoms with Gasteiger partial charge in [0.25, 0.3) is 0 Å². The van der Waals surface area contributed by atoms with Crippen molar-refractivity contribution in [3.8, 4) is 11.1 Å². The fourth-order valence-corrected chi connectivity index (χ4v) is 4.75. The molecule has 1 aliphatic rings. The predicted molar refractivity (Wildman–Crippen MR) is 126 cm³/mol. The molecule has 3 heterocycles. The Balaban J connectivity index is 1.70. The molecule has 6 nitrogen and oxygen atoms in total. The molecule has 6 heteroatoms. The highest BCUT2D eigenvalue weighted by molar-refractivity contribution is 5.88. The third kappa shape index (κ3) is 3.17. The van der Waals surface area contributed by atoms with E-state index in [1.807, 2.05) is 62.4 Å². The Labute approximate surface area is 191 Å². The van der Waals surface area contributed by atoms with E-state index in [4.69, 9.17) is 9.51 Å². The van der Waals surface area contributed by atoms with E-state index < -0.39 is 5.60 Å². The summed E-state index contributed by atoms with van der Waals surface area (Å²) in [5.74, 6) is 2.18. The summed E-state index contributed by atoms with van der Waals surface area (Å²) in [7, 11) is 0. The third-order valence-corrected chi connectivity index (χ3v) is 6.57. The van der Waals surface area contributed by atoms with Crippen molar-refractivity contribution in [2.45, 2.75) is 38.2 Å². The highest BCUT2D eigenvalue weighted by atomic mass is 16.5. The fraction of sp³-hybridized carbons (Fsp3) is 0.222. The number of aliphatic hydroxyl groups is 1. The maximum Gasteiger partial charge on any atom is 0.142 e. The molecule has 2 aromatic carbocycles. The molecule has 2 N–H and O–H groups in total. The van der Waals surface area contributed by atoms with E-state index >= 15 is 0 Å². The summed E-state index contributed by atoms with van der Waals surface area (Å²) in [6.45, 7) is 3.85. The van der Waals surface area contributed by atoms with Crippen LogP contribution < -0.4 is 0 Å². The summed E-state index contributed by atoms with van der Waals surface area (Å²) >= 11 is 0. The molecule has 0 saturated heterocycles. The Hall–Kier alpha value is -3.77. The van der Waals surface area contributed by atoms with Crippen molar-refractivity contribution in [2.24, 2.45) is 0 Å². The minimum atomic E-state index is -1.42. The Morgan fingerprint density at radius 1 is 1.00 bits per heavy atom. The molecule has 0 amide bonds. The molecule has 5 aromatic rings. The largest absolute Gasteiger partial charge is 0.376 e. The molecular weight excluding hydrogens is 412 g/mol. The second-order valence-electron chi connectivity index (χ2n) is 8.83. The third-order valence-electron chi connectivity index (χ3n) is 6.57. The summed E-state index contributed by atoms with van der Waals surface area (Å²) in [6.07, 6.45) is 5.69. The van der Waals surface area contributed by atoms with Crippen molar-refractivity contribution >= 4 is 11.0 Å². The second-order valence-corrected chi connectivity index (χ2v) is 8.83. The SMILES string of the molecule is Cc1noc(C)c1-c1cc(C(O)(c2ccccc2)c2ccncc2)c2nc(C3CC3)[nH]c2c1. The van der Waals surface area contributed by atoms with Crippen molar-refractivity contribution in [1.82, 2.24) is 20.1 Å².